The van der Waals surface area contributed by atoms with Crippen LogP contribution in [-0.2, 0) is 14.6 Å². The van der Waals surface area contributed by atoms with Crippen LogP contribution in [0.1, 0.15) is 43.9 Å². The van der Waals surface area contributed by atoms with Crippen molar-refractivity contribution in [3.8, 4) is 0 Å². The highest BCUT2D eigenvalue weighted by Gasteiger charge is 2.28. The Hall–Kier alpha value is -1.44. The first-order valence-electron chi connectivity index (χ1n) is 7.70. The van der Waals surface area contributed by atoms with Crippen LogP contribution >= 0.6 is 0 Å². The van der Waals surface area contributed by atoms with Crippen molar-refractivity contribution in [2.45, 2.75) is 46.1 Å². The maximum atomic E-state index is 12.3. The number of carbonyl (C=O) groups excluding carboxylic acids is 1. The average molecular weight is 328 g/mol. The molecule has 22 heavy (non-hydrogen) atoms. The molecular formula is C14H24N4O3S. The van der Waals surface area contributed by atoms with Crippen LogP contribution in [0.15, 0.2) is 0 Å². The van der Waals surface area contributed by atoms with Gasteiger partial charge in [0.1, 0.15) is 17.4 Å². The van der Waals surface area contributed by atoms with Crippen LogP contribution in [0.5, 0.6) is 0 Å². The molecule has 0 saturated carbocycles. The molecule has 2 rings (SSSR count). The predicted molar refractivity (Wildman–Crippen MR) is 83.3 cm³/mol. The van der Waals surface area contributed by atoms with Crippen molar-refractivity contribution in [3.63, 3.8) is 0 Å². The third-order valence-electron chi connectivity index (χ3n) is 3.86. The second-order valence-electron chi connectivity index (χ2n) is 5.88. The number of piperidine rings is 1. The smallest absolute Gasteiger partial charge is 0.237 e. The number of carbonyl (C=O) groups is 1. The van der Waals surface area contributed by atoms with Gasteiger partial charge in [-0.15, -0.1) is 0 Å². The zero-order valence-corrected chi connectivity index (χ0v) is 14.3. The van der Waals surface area contributed by atoms with Crippen LogP contribution < -0.4 is 0 Å². The topological polar surface area (TPSA) is 85.2 Å². The fraction of sp³-hybridized carbons (Fsp3) is 0.786. The van der Waals surface area contributed by atoms with Gasteiger partial charge in [-0.3, -0.25) is 4.79 Å². The van der Waals surface area contributed by atoms with E-state index in [1.165, 1.54) is 0 Å². The van der Waals surface area contributed by atoms with E-state index in [0.29, 0.717) is 25.3 Å². The molecule has 0 radical (unpaired) electrons. The number of nitrogens with zero attached hydrogens (tertiary/aromatic N) is 4. The molecule has 8 heteroatoms. The summed E-state index contributed by atoms with van der Waals surface area (Å²) in [5.41, 5.74) is 0. The normalized spacial score (nSPS) is 19.4. The SMILES string of the molecule is CCCS(=O)(=O)CC(=O)N1CCC[C@@H](n2nc(C)nc2C)C1. The zero-order valence-electron chi connectivity index (χ0n) is 13.4. The van der Waals surface area contributed by atoms with E-state index in [4.69, 9.17) is 0 Å². The highest BCUT2D eigenvalue weighted by Crippen LogP contribution is 2.22. The molecule has 1 aromatic rings. The molecule has 7 nitrogen and oxygen atoms in total. The van der Waals surface area contributed by atoms with E-state index >= 15 is 0 Å². The van der Waals surface area contributed by atoms with Gasteiger partial charge < -0.3 is 4.90 Å². The molecule has 0 aromatic carbocycles. The van der Waals surface area contributed by atoms with E-state index in [-0.39, 0.29) is 23.5 Å². The molecule has 0 unspecified atom stereocenters. The summed E-state index contributed by atoms with van der Waals surface area (Å²) in [6.07, 6.45) is 2.31. The van der Waals surface area contributed by atoms with Crippen molar-refractivity contribution < 1.29 is 13.2 Å². The van der Waals surface area contributed by atoms with E-state index in [9.17, 15) is 13.2 Å². The number of aryl methyl sites for hydroxylation is 2. The van der Waals surface area contributed by atoms with Crippen molar-refractivity contribution in [1.82, 2.24) is 19.7 Å². The lowest BCUT2D eigenvalue weighted by Crippen LogP contribution is -2.43. The number of rotatable bonds is 5. The Balaban J connectivity index is 2.04. The summed E-state index contributed by atoms with van der Waals surface area (Å²) in [6, 6.07) is 0.0766. The largest absolute Gasteiger partial charge is 0.340 e. The van der Waals surface area contributed by atoms with Gasteiger partial charge in [-0.2, -0.15) is 5.10 Å². The van der Waals surface area contributed by atoms with Crippen molar-refractivity contribution in [3.05, 3.63) is 11.6 Å². The quantitative estimate of drug-likeness (QED) is 0.801. The van der Waals surface area contributed by atoms with E-state index in [1.807, 2.05) is 18.5 Å². The molecule has 0 bridgehead atoms. The standard InChI is InChI=1S/C14H24N4O3S/c1-4-8-22(20,21)10-14(19)17-7-5-6-13(9-17)18-12(3)15-11(2)16-18/h13H,4-10H2,1-3H3/t13-/m1/s1. The highest BCUT2D eigenvalue weighted by atomic mass is 32.2. The second kappa shape index (κ2) is 6.76. The summed E-state index contributed by atoms with van der Waals surface area (Å²) in [6.45, 7) is 6.65. The maximum absolute atomic E-state index is 12.3. The van der Waals surface area contributed by atoms with Crippen LogP contribution in [0, 0.1) is 13.8 Å². The Bertz CT molecular complexity index is 639. The summed E-state index contributed by atoms with van der Waals surface area (Å²) in [5.74, 6) is 0.926. The first-order valence-corrected chi connectivity index (χ1v) is 9.52. The number of hydrogen-bond acceptors (Lipinski definition) is 5. The molecule has 1 saturated heterocycles. The lowest BCUT2D eigenvalue weighted by Gasteiger charge is -2.33. The minimum absolute atomic E-state index is 0.0669. The van der Waals surface area contributed by atoms with Gasteiger partial charge in [0.2, 0.25) is 5.91 Å². The van der Waals surface area contributed by atoms with Gasteiger partial charge >= 0.3 is 0 Å². The third kappa shape index (κ3) is 4.06. The Labute approximate surface area is 131 Å². The van der Waals surface area contributed by atoms with Crippen molar-refractivity contribution in [2.24, 2.45) is 0 Å². The van der Waals surface area contributed by atoms with Crippen molar-refractivity contribution in [2.75, 3.05) is 24.6 Å². The molecule has 1 aliphatic rings. The molecule has 1 amide bonds. The number of hydrogen-bond donors (Lipinski definition) is 0. The Morgan fingerprint density at radius 3 is 2.68 bits per heavy atom. The second-order valence-corrected chi connectivity index (χ2v) is 8.06. The number of sulfone groups is 1. The molecule has 1 atom stereocenters. The molecule has 1 fully saturated rings. The predicted octanol–water partition coefficient (Wildman–Crippen LogP) is 0.883. The first kappa shape index (κ1) is 16.9. The molecule has 124 valence electrons. The molecule has 0 aliphatic carbocycles. The minimum atomic E-state index is -3.29. The third-order valence-corrected chi connectivity index (χ3v) is 5.58. The summed E-state index contributed by atoms with van der Waals surface area (Å²) < 4.78 is 25.5. The van der Waals surface area contributed by atoms with Crippen LogP contribution in [0.3, 0.4) is 0 Å². The Morgan fingerprint density at radius 2 is 2.09 bits per heavy atom. The summed E-state index contributed by atoms with van der Waals surface area (Å²) >= 11 is 0. The van der Waals surface area contributed by atoms with Crippen molar-refractivity contribution in [1.29, 1.82) is 0 Å². The minimum Gasteiger partial charge on any atom is -0.340 e. The fourth-order valence-corrected chi connectivity index (χ4v) is 4.25. The molecule has 0 N–H and O–H groups in total. The van der Waals surface area contributed by atoms with Gasteiger partial charge in [0.05, 0.1) is 11.8 Å². The zero-order chi connectivity index (χ0) is 16.3. The van der Waals surface area contributed by atoms with Crippen LogP contribution in [0.2, 0.25) is 0 Å². The Morgan fingerprint density at radius 1 is 1.36 bits per heavy atom. The monoisotopic (exact) mass is 328 g/mol. The molecular weight excluding hydrogens is 304 g/mol. The van der Waals surface area contributed by atoms with Crippen LogP contribution in [0.25, 0.3) is 0 Å². The highest BCUT2D eigenvalue weighted by molar-refractivity contribution is 7.92. The van der Waals surface area contributed by atoms with E-state index in [2.05, 4.69) is 10.1 Å². The maximum Gasteiger partial charge on any atom is 0.237 e. The van der Waals surface area contributed by atoms with Gasteiger partial charge in [-0.25, -0.2) is 18.1 Å². The van der Waals surface area contributed by atoms with Gasteiger partial charge in [0.25, 0.3) is 0 Å². The molecule has 1 aliphatic heterocycles. The fourth-order valence-electron chi connectivity index (χ4n) is 2.93. The molecule has 2 heterocycles. The first-order chi connectivity index (χ1) is 10.3. The van der Waals surface area contributed by atoms with E-state index in [1.54, 1.807) is 11.8 Å². The molecule has 1 aromatic heterocycles. The molecule has 0 spiro atoms. The average Bonchev–Trinajstić information content (AvgIpc) is 2.77. The van der Waals surface area contributed by atoms with Gasteiger partial charge in [-0.05, 0) is 33.1 Å². The summed E-state index contributed by atoms with van der Waals surface area (Å²) in [7, 11) is -3.29. The van der Waals surface area contributed by atoms with Gasteiger partial charge in [-0.1, -0.05) is 6.92 Å². The van der Waals surface area contributed by atoms with Crippen LogP contribution in [-0.4, -0.2) is 58.6 Å². The lowest BCUT2D eigenvalue weighted by molar-refractivity contribution is -0.130. The van der Waals surface area contributed by atoms with Gasteiger partial charge in [0, 0.05) is 13.1 Å². The summed E-state index contributed by atoms with van der Waals surface area (Å²) in [5, 5.41) is 4.38. The number of amides is 1. The number of aromatic nitrogens is 3. The Kier molecular flexibility index (Phi) is 5.20. The van der Waals surface area contributed by atoms with E-state index < -0.39 is 9.84 Å². The summed E-state index contributed by atoms with van der Waals surface area (Å²) in [4.78, 5) is 18.2. The van der Waals surface area contributed by atoms with Crippen molar-refractivity contribution >= 4 is 15.7 Å². The lowest BCUT2D eigenvalue weighted by atomic mass is 10.1. The number of likely N-dealkylation sites (tertiary alicyclic amines) is 1. The van der Waals surface area contributed by atoms with Crippen LogP contribution in [0.4, 0.5) is 0 Å². The van der Waals surface area contributed by atoms with E-state index in [0.717, 1.165) is 18.7 Å². The van der Waals surface area contributed by atoms with Gasteiger partial charge in [0.15, 0.2) is 9.84 Å².